The summed E-state index contributed by atoms with van der Waals surface area (Å²) >= 11 is 0. The van der Waals surface area contributed by atoms with E-state index in [0.29, 0.717) is 47.3 Å². The lowest BCUT2D eigenvalue weighted by Gasteiger charge is -2.36. The van der Waals surface area contributed by atoms with Gasteiger partial charge in [-0.15, -0.1) is 0 Å². The number of benzene rings is 1. The van der Waals surface area contributed by atoms with Gasteiger partial charge in [0.15, 0.2) is 5.76 Å². The first-order valence-electron chi connectivity index (χ1n) is 15.6. The zero-order chi connectivity index (χ0) is 31.1. The molecule has 1 aliphatic carbocycles. The van der Waals surface area contributed by atoms with E-state index in [1.807, 2.05) is 13.8 Å². The van der Waals surface area contributed by atoms with Crippen LogP contribution < -0.4 is 15.4 Å². The highest BCUT2D eigenvalue weighted by Crippen LogP contribution is 2.31. The molecule has 238 valence electrons. The number of amides is 3. The van der Waals surface area contributed by atoms with Gasteiger partial charge >= 0.3 is 6.03 Å². The van der Waals surface area contributed by atoms with Crippen molar-refractivity contribution < 1.29 is 28.7 Å². The lowest BCUT2D eigenvalue weighted by molar-refractivity contribution is -0.0172. The summed E-state index contributed by atoms with van der Waals surface area (Å²) in [7, 11) is 2.14. The van der Waals surface area contributed by atoms with Crippen LogP contribution in [-0.4, -0.2) is 90.1 Å². The van der Waals surface area contributed by atoms with Crippen molar-refractivity contribution in [2.24, 2.45) is 11.8 Å². The van der Waals surface area contributed by atoms with Gasteiger partial charge < -0.3 is 39.5 Å². The smallest absolute Gasteiger partial charge is 0.323 e. The first kappa shape index (κ1) is 32.8. The number of nitrogens with zero attached hydrogens (tertiary/aromatic N) is 3. The van der Waals surface area contributed by atoms with Crippen LogP contribution in [0.5, 0.6) is 5.75 Å². The summed E-state index contributed by atoms with van der Waals surface area (Å²) in [6, 6.07) is 4.17. The van der Waals surface area contributed by atoms with Gasteiger partial charge in [0.25, 0.3) is 5.91 Å². The lowest BCUT2D eigenvalue weighted by Crippen LogP contribution is -2.47. The van der Waals surface area contributed by atoms with Gasteiger partial charge in [-0.1, -0.05) is 12.1 Å². The molecular formula is C32H49N5O6. The molecule has 4 atom stereocenters. The van der Waals surface area contributed by atoms with E-state index in [1.54, 1.807) is 36.9 Å². The summed E-state index contributed by atoms with van der Waals surface area (Å²) in [5, 5.41) is 19.6. The van der Waals surface area contributed by atoms with Gasteiger partial charge in [-0.3, -0.25) is 4.79 Å². The van der Waals surface area contributed by atoms with E-state index >= 15 is 0 Å². The molecule has 0 unspecified atom stereocenters. The molecule has 3 N–H and O–H groups in total. The maximum absolute atomic E-state index is 14.3. The van der Waals surface area contributed by atoms with Crippen molar-refractivity contribution in [2.45, 2.75) is 85.0 Å². The molecule has 0 spiro atoms. The van der Waals surface area contributed by atoms with E-state index in [-0.39, 0.29) is 30.6 Å². The number of rotatable bonds is 8. The molecule has 2 heterocycles. The highest BCUT2D eigenvalue weighted by atomic mass is 16.5. The van der Waals surface area contributed by atoms with Crippen LogP contribution in [0.1, 0.15) is 74.7 Å². The van der Waals surface area contributed by atoms with Crippen LogP contribution in [0, 0.1) is 25.7 Å². The van der Waals surface area contributed by atoms with Crippen molar-refractivity contribution in [3.63, 3.8) is 0 Å². The largest absolute Gasteiger partial charge is 0.490 e. The first-order chi connectivity index (χ1) is 20.5. The Labute approximate surface area is 255 Å². The highest BCUT2D eigenvalue weighted by molar-refractivity contribution is 6.03. The molecule has 11 heteroatoms. The minimum atomic E-state index is -0.485. The predicted octanol–water partition coefficient (Wildman–Crippen LogP) is 5.07. The Hall–Kier alpha value is -3.15. The number of nitrogens with one attached hydrogen (secondary N) is 2. The van der Waals surface area contributed by atoms with Crippen LogP contribution in [0.4, 0.5) is 16.2 Å². The number of aryl methyl sites for hydroxylation is 2. The number of hydrogen-bond acceptors (Lipinski definition) is 8. The van der Waals surface area contributed by atoms with Gasteiger partial charge in [0.2, 0.25) is 0 Å². The number of likely N-dealkylation sites (N-methyl/N-ethyl adjacent to an activating group) is 1. The molecular weight excluding hydrogens is 550 g/mol. The van der Waals surface area contributed by atoms with E-state index < -0.39 is 12.1 Å². The monoisotopic (exact) mass is 599 g/mol. The number of urea groups is 1. The number of fused-ring (bicyclic) bond motifs is 1. The van der Waals surface area contributed by atoms with Crippen LogP contribution in [-0.2, 0) is 4.74 Å². The maximum Gasteiger partial charge on any atom is 0.323 e. The fraction of sp³-hybridized carbons (Fsp3) is 0.656. The molecule has 43 heavy (non-hydrogen) atoms. The number of carbonyl (C=O) groups is 2. The van der Waals surface area contributed by atoms with Crippen molar-refractivity contribution in [1.29, 1.82) is 0 Å². The summed E-state index contributed by atoms with van der Waals surface area (Å²) in [5.41, 5.74) is 1.83. The van der Waals surface area contributed by atoms with Crippen molar-refractivity contribution in [3.8, 4) is 5.75 Å². The second kappa shape index (κ2) is 15.0. The molecule has 1 aromatic carbocycles. The van der Waals surface area contributed by atoms with Gasteiger partial charge in [0, 0.05) is 37.8 Å². The number of hydrogen-bond donors (Lipinski definition) is 3. The predicted molar refractivity (Wildman–Crippen MR) is 166 cm³/mol. The summed E-state index contributed by atoms with van der Waals surface area (Å²) in [4.78, 5) is 31.2. The molecule has 0 radical (unpaired) electrons. The molecule has 2 aliphatic rings. The molecule has 2 aromatic rings. The van der Waals surface area contributed by atoms with Crippen LogP contribution in [0.3, 0.4) is 0 Å². The fourth-order valence-electron chi connectivity index (χ4n) is 5.52. The van der Waals surface area contributed by atoms with Crippen molar-refractivity contribution in [3.05, 3.63) is 35.2 Å². The third-order valence-electron chi connectivity index (χ3n) is 8.34. The quantitative estimate of drug-likeness (QED) is 0.384. The highest BCUT2D eigenvalue weighted by Gasteiger charge is 2.31. The fourth-order valence-corrected chi connectivity index (χ4v) is 5.52. The van der Waals surface area contributed by atoms with Gasteiger partial charge in [0.05, 0.1) is 30.4 Å². The van der Waals surface area contributed by atoms with Gasteiger partial charge in [-0.05, 0) is 91.0 Å². The zero-order valence-electron chi connectivity index (χ0n) is 26.5. The average molecular weight is 600 g/mol. The van der Waals surface area contributed by atoms with E-state index in [1.165, 1.54) is 12.8 Å². The zero-order valence-corrected chi connectivity index (χ0v) is 26.5. The normalized spacial score (nSPS) is 22.8. The second-order valence-electron chi connectivity index (χ2n) is 12.5. The Morgan fingerprint density at radius 1 is 1.16 bits per heavy atom. The topological polar surface area (TPSA) is 129 Å². The Kier molecular flexibility index (Phi) is 11.5. The number of aliphatic hydroxyl groups is 1. The third kappa shape index (κ3) is 9.17. The maximum atomic E-state index is 14.3. The number of anilines is 2. The molecule has 3 amide bonds. The summed E-state index contributed by atoms with van der Waals surface area (Å²) < 4.78 is 17.9. The van der Waals surface area contributed by atoms with Crippen LogP contribution in [0.25, 0.3) is 0 Å². The van der Waals surface area contributed by atoms with Crippen LogP contribution >= 0.6 is 0 Å². The van der Waals surface area contributed by atoms with E-state index in [9.17, 15) is 14.7 Å². The second-order valence-corrected chi connectivity index (χ2v) is 12.5. The molecule has 1 saturated carbocycles. The van der Waals surface area contributed by atoms with E-state index in [2.05, 4.69) is 34.7 Å². The molecule has 1 aliphatic heterocycles. The Balaban J connectivity index is 1.60. The van der Waals surface area contributed by atoms with Gasteiger partial charge in [-0.25, -0.2) is 4.79 Å². The molecule has 0 bridgehead atoms. The van der Waals surface area contributed by atoms with E-state index in [0.717, 1.165) is 38.3 Å². The van der Waals surface area contributed by atoms with Crippen molar-refractivity contribution >= 4 is 23.3 Å². The Morgan fingerprint density at radius 3 is 2.60 bits per heavy atom. The summed E-state index contributed by atoms with van der Waals surface area (Å²) in [5.74, 6) is 1.48. The lowest BCUT2D eigenvalue weighted by atomic mass is 10.0. The Morgan fingerprint density at radius 2 is 1.93 bits per heavy atom. The SMILES string of the molecule is Cc1noc(C)c1NC(=O)Nc1ccc2c(c1)C(=O)N([C@@H](C)CO)C[C@@H](C)[C@@H](CN(C)CC1CC1)OCCCC[C@@H](C)O2. The summed E-state index contributed by atoms with van der Waals surface area (Å²) in [6.07, 6.45) is 5.09. The number of aromatic nitrogens is 1. The molecule has 1 aromatic heterocycles. The third-order valence-corrected chi connectivity index (χ3v) is 8.34. The Bertz CT molecular complexity index is 1210. The minimum absolute atomic E-state index is 0.0213. The van der Waals surface area contributed by atoms with Crippen molar-refractivity contribution in [1.82, 2.24) is 15.0 Å². The van der Waals surface area contributed by atoms with E-state index in [4.69, 9.17) is 14.0 Å². The number of carbonyl (C=O) groups excluding carboxylic acids is 2. The van der Waals surface area contributed by atoms with Gasteiger partial charge in [0.1, 0.15) is 17.1 Å². The molecule has 11 nitrogen and oxygen atoms in total. The summed E-state index contributed by atoms with van der Waals surface area (Å²) in [6.45, 7) is 12.1. The molecule has 0 saturated heterocycles. The first-order valence-corrected chi connectivity index (χ1v) is 15.6. The standard InChI is InChI=1S/C32H49N5O6/c1-20-16-37(21(2)19-38)31(39)27-15-26(33-32(40)34-30-23(4)35-43-24(30)5)12-13-28(27)42-22(3)9-7-8-14-41-29(20)18-36(6)17-25-10-11-25/h12-13,15,20-22,25,29,38H,7-11,14,16-19H2,1-6H3,(H2,33,34,40)/t20-,21+,22-,29-/m1/s1. The number of aliphatic hydroxyl groups excluding tert-OH is 1. The van der Waals surface area contributed by atoms with Crippen molar-refractivity contribution in [2.75, 3.05) is 50.5 Å². The van der Waals surface area contributed by atoms with Crippen LogP contribution in [0.2, 0.25) is 0 Å². The van der Waals surface area contributed by atoms with Gasteiger partial charge in [-0.2, -0.15) is 0 Å². The molecule has 4 rings (SSSR count). The number of ether oxygens (including phenoxy) is 2. The van der Waals surface area contributed by atoms with Crippen LogP contribution in [0.15, 0.2) is 22.7 Å². The molecule has 1 fully saturated rings. The average Bonchev–Trinajstić information content (AvgIpc) is 3.73. The minimum Gasteiger partial charge on any atom is -0.490 e.